The second kappa shape index (κ2) is 8.43. The second-order valence-corrected chi connectivity index (χ2v) is 9.80. The van der Waals surface area contributed by atoms with Crippen LogP contribution in [0, 0.1) is 5.92 Å². The first-order valence-corrected chi connectivity index (χ1v) is 12.3. The maximum absolute atomic E-state index is 13.3. The van der Waals surface area contributed by atoms with E-state index in [1.54, 1.807) is 25.1 Å². The van der Waals surface area contributed by atoms with Crippen molar-refractivity contribution in [2.24, 2.45) is 5.92 Å². The number of benzene rings is 2. The van der Waals surface area contributed by atoms with Crippen molar-refractivity contribution in [3.63, 3.8) is 0 Å². The number of anilines is 1. The maximum Gasteiger partial charge on any atom is 0.310 e. The highest BCUT2D eigenvalue weighted by Crippen LogP contribution is 2.32. The van der Waals surface area contributed by atoms with Crippen LogP contribution in [0.2, 0.25) is 0 Å². The summed E-state index contributed by atoms with van der Waals surface area (Å²) in [7, 11) is -3.92. The zero-order chi connectivity index (χ0) is 23.0. The zero-order valence-electron chi connectivity index (χ0n) is 18.1. The van der Waals surface area contributed by atoms with Crippen LogP contribution in [0.5, 0.6) is 0 Å². The van der Waals surface area contributed by atoms with Crippen molar-refractivity contribution in [3.05, 3.63) is 54.6 Å². The quantitative estimate of drug-likeness (QED) is 0.414. The van der Waals surface area contributed by atoms with Crippen LogP contribution in [0.3, 0.4) is 0 Å². The molecule has 0 radical (unpaired) electrons. The van der Waals surface area contributed by atoms with Gasteiger partial charge >= 0.3 is 5.97 Å². The molecular weight excluding hydrogens is 442 g/mol. The molecule has 10 heteroatoms. The van der Waals surface area contributed by atoms with Crippen LogP contribution >= 0.6 is 0 Å². The van der Waals surface area contributed by atoms with E-state index in [2.05, 4.69) is 10.3 Å². The molecule has 0 spiro atoms. The fourth-order valence-electron chi connectivity index (χ4n) is 4.28. The van der Waals surface area contributed by atoms with Gasteiger partial charge in [0.1, 0.15) is 5.82 Å². The summed E-state index contributed by atoms with van der Waals surface area (Å²) in [4.78, 5) is 19.3. The van der Waals surface area contributed by atoms with E-state index in [4.69, 9.17) is 9.72 Å². The molecule has 1 fully saturated rings. The topological polar surface area (TPSA) is 107 Å². The molecule has 0 bridgehead atoms. The van der Waals surface area contributed by atoms with Crippen molar-refractivity contribution in [1.82, 2.24) is 19.8 Å². The highest BCUT2D eigenvalue weighted by atomic mass is 32.2. The summed E-state index contributed by atoms with van der Waals surface area (Å²) in [5.41, 5.74) is 0.851. The molecule has 0 aliphatic carbocycles. The fourth-order valence-corrected chi connectivity index (χ4v) is 5.53. The predicted octanol–water partition coefficient (Wildman–Crippen LogP) is 2.89. The summed E-state index contributed by atoms with van der Waals surface area (Å²) in [5, 5.41) is 8.76. The Balaban J connectivity index is 1.66. The number of nitrogens with zero attached hydrogens (tertiary/aromatic N) is 5. The number of carbonyl (C=O) groups excluding carboxylic acids is 1. The molecule has 33 heavy (non-hydrogen) atoms. The van der Waals surface area contributed by atoms with Crippen LogP contribution in [0.1, 0.15) is 19.8 Å². The number of carbonyl (C=O) groups is 1. The highest BCUT2D eigenvalue weighted by molar-refractivity contribution is 7.91. The number of fused-ring (bicyclic) bond motifs is 3. The minimum Gasteiger partial charge on any atom is -0.466 e. The Kier molecular flexibility index (Phi) is 5.45. The molecule has 2 aromatic carbocycles. The molecular formula is C23H23N5O4S. The molecule has 0 saturated carbocycles. The van der Waals surface area contributed by atoms with Crippen molar-refractivity contribution in [1.29, 1.82) is 0 Å². The largest absolute Gasteiger partial charge is 0.466 e. The number of hydrogen-bond acceptors (Lipinski definition) is 8. The van der Waals surface area contributed by atoms with Crippen molar-refractivity contribution in [2.45, 2.75) is 29.7 Å². The number of esters is 1. The van der Waals surface area contributed by atoms with Crippen molar-refractivity contribution < 1.29 is 17.9 Å². The van der Waals surface area contributed by atoms with E-state index < -0.39 is 9.84 Å². The lowest BCUT2D eigenvalue weighted by molar-refractivity contribution is -0.148. The van der Waals surface area contributed by atoms with Gasteiger partial charge in [-0.3, -0.25) is 4.79 Å². The SMILES string of the molecule is CCOC(=O)[C@H]1CCCN(c2nc3c(S(=O)(=O)c4ccccc4)nnn3c3ccccc23)C1. The molecule has 1 atom stereocenters. The minimum absolute atomic E-state index is 0.129. The predicted molar refractivity (Wildman–Crippen MR) is 122 cm³/mol. The summed E-state index contributed by atoms with van der Waals surface area (Å²) in [6.45, 7) is 3.28. The molecule has 0 unspecified atom stereocenters. The molecule has 4 aromatic rings. The van der Waals surface area contributed by atoms with Gasteiger partial charge in [-0.15, -0.1) is 5.10 Å². The Morgan fingerprint density at radius 3 is 2.67 bits per heavy atom. The van der Waals surface area contributed by atoms with Crippen LogP contribution in [-0.2, 0) is 19.4 Å². The Morgan fingerprint density at radius 1 is 1.12 bits per heavy atom. The average molecular weight is 466 g/mol. The lowest BCUT2D eigenvalue weighted by Gasteiger charge is -2.33. The zero-order valence-corrected chi connectivity index (χ0v) is 18.9. The van der Waals surface area contributed by atoms with Gasteiger partial charge in [0.2, 0.25) is 14.9 Å². The van der Waals surface area contributed by atoms with Gasteiger partial charge in [0.25, 0.3) is 0 Å². The Morgan fingerprint density at radius 2 is 1.88 bits per heavy atom. The van der Waals surface area contributed by atoms with Crippen LogP contribution < -0.4 is 4.90 Å². The molecule has 3 heterocycles. The van der Waals surface area contributed by atoms with Gasteiger partial charge in [-0.2, -0.15) is 4.52 Å². The molecule has 2 aromatic heterocycles. The first kappa shape index (κ1) is 21.3. The Hall–Kier alpha value is -3.53. The third-order valence-electron chi connectivity index (χ3n) is 5.85. The van der Waals surface area contributed by atoms with Gasteiger partial charge in [-0.1, -0.05) is 35.5 Å². The first-order chi connectivity index (χ1) is 16.0. The standard InChI is InChI=1S/C23H23N5O4S/c1-2-32-23(29)16-9-8-14-27(15-16)20-18-12-6-7-13-19(18)28-21(24-20)22(25-26-28)33(30,31)17-10-4-3-5-11-17/h3-7,10-13,16H,2,8-9,14-15H2,1H3/t16-/m0/s1. The molecule has 1 aliphatic heterocycles. The molecule has 0 amide bonds. The van der Waals surface area contributed by atoms with Crippen LogP contribution in [0.4, 0.5) is 5.82 Å². The number of aromatic nitrogens is 4. The van der Waals surface area contributed by atoms with E-state index in [0.717, 1.165) is 18.2 Å². The van der Waals surface area contributed by atoms with E-state index in [-0.39, 0.29) is 27.5 Å². The van der Waals surface area contributed by atoms with Gasteiger partial charge in [0.15, 0.2) is 5.65 Å². The Labute approximate surface area is 190 Å². The normalized spacial score (nSPS) is 16.9. The van der Waals surface area contributed by atoms with E-state index in [1.165, 1.54) is 16.6 Å². The molecule has 0 N–H and O–H groups in total. The average Bonchev–Trinajstić information content (AvgIpc) is 3.29. The number of sulfone groups is 1. The molecule has 1 saturated heterocycles. The first-order valence-electron chi connectivity index (χ1n) is 10.9. The van der Waals surface area contributed by atoms with E-state index in [0.29, 0.717) is 31.0 Å². The van der Waals surface area contributed by atoms with Gasteiger partial charge in [0.05, 0.1) is 22.9 Å². The van der Waals surface area contributed by atoms with Gasteiger partial charge in [0, 0.05) is 18.5 Å². The van der Waals surface area contributed by atoms with Crippen molar-refractivity contribution in [2.75, 3.05) is 24.6 Å². The lowest BCUT2D eigenvalue weighted by Crippen LogP contribution is -2.40. The number of piperidine rings is 1. The van der Waals surface area contributed by atoms with Gasteiger partial charge < -0.3 is 9.64 Å². The number of rotatable bonds is 5. The van der Waals surface area contributed by atoms with Gasteiger partial charge in [-0.05, 0) is 44.0 Å². The summed E-state index contributed by atoms with van der Waals surface area (Å²) in [5.74, 6) is 0.135. The van der Waals surface area contributed by atoms with Crippen LogP contribution in [0.25, 0.3) is 16.6 Å². The summed E-state index contributed by atoms with van der Waals surface area (Å²) >= 11 is 0. The minimum atomic E-state index is -3.92. The summed E-state index contributed by atoms with van der Waals surface area (Å²) < 4.78 is 33.3. The molecule has 9 nitrogen and oxygen atoms in total. The number of ether oxygens (including phenoxy) is 1. The third kappa shape index (κ3) is 3.70. The van der Waals surface area contributed by atoms with Crippen LogP contribution in [-0.4, -0.2) is 53.9 Å². The van der Waals surface area contributed by atoms with Gasteiger partial charge in [-0.25, -0.2) is 13.4 Å². The second-order valence-electron chi connectivity index (χ2n) is 7.94. The molecule has 1 aliphatic rings. The third-order valence-corrected chi connectivity index (χ3v) is 7.52. The van der Waals surface area contributed by atoms with E-state index in [1.807, 2.05) is 29.2 Å². The molecule has 5 rings (SSSR count). The van der Waals surface area contributed by atoms with Crippen LogP contribution in [0.15, 0.2) is 64.5 Å². The lowest BCUT2D eigenvalue weighted by atomic mass is 9.98. The summed E-state index contributed by atoms with van der Waals surface area (Å²) in [6.07, 6.45) is 1.55. The maximum atomic E-state index is 13.3. The smallest absolute Gasteiger partial charge is 0.310 e. The number of hydrogen-bond donors (Lipinski definition) is 0. The highest BCUT2D eigenvalue weighted by Gasteiger charge is 2.31. The fraction of sp³-hybridized carbons (Fsp3) is 0.304. The van der Waals surface area contributed by atoms with Crippen molar-refractivity contribution >= 4 is 38.2 Å². The van der Waals surface area contributed by atoms with E-state index >= 15 is 0 Å². The monoisotopic (exact) mass is 465 g/mol. The van der Waals surface area contributed by atoms with E-state index in [9.17, 15) is 13.2 Å². The Bertz CT molecular complexity index is 1440. The van der Waals surface area contributed by atoms with Crippen molar-refractivity contribution in [3.8, 4) is 0 Å². The molecule has 170 valence electrons. The summed E-state index contributed by atoms with van der Waals surface area (Å²) in [6, 6.07) is 15.6. The number of para-hydroxylation sites is 1.